The van der Waals surface area contributed by atoms with Gasteiger partial charge in [0.2, 0.25) is 0 Å². The lowest BCUT2D eigenvalue weighted by atomic mass is 9.98. The van der Waals surface area contributed by atoms with Gasteiger partial charge < -0.3 is 19.9 Å². The molecule has 6 nitrogen and oxygen atoms in total. The van der Waals surface area contributed by atoms with Crippen molar-refractivity contribution in [2.24, 2.45) is 0 Å². The molecule has 3 rings (SSSR count). The van der Waals surface area contributed by atoms with Gasteiger partial charge in [0.25, 0.3) is 5.91 Å². The highest BCUT2D eigenvalue weighted by Crippen LogP contribution is 2.20. The molecule has 1 aromatic carbocycles. The third kappa shape index (κ3) is 5.96. The standard InChI is InChI=1S/C21H31N3O3/c25-20(18-8-3-1-4-9-18)23-13-15-24(16-14-23)21(26)22-12-7-17-27-19-10-5-2-6-11-19/h1,3-4,8-9,19H,2,5-7,10-17H2,(H,22,26). The molecule has 1 saturated carbocycles. The fraction of sp³-hybridized carbons (Fsp3) is 0.619. The lowest BCUT2D eigenvalue weighted by Crippen LogP contribution is -2.53. The average molecular weight is 373 g/mol. The maximum atomic E-state index is 12.4. The zero-order valence-electron chi connectivity index (χ0n) is 16.1. The van der Waals surface area contributed by atoms with Crippen LogP contribution in [0.15, 0.2) is 30.3 Å². The molecule has 0 aromatic heterocycles. The summed E-state index contributed by atoms with van der Waals surface area (Å²) in [7, 11) is 0. The van der Waals surface area contributed by atoms with Crippen LogP contribution in [0.2, 0.25) is 0 Å². The average Bonchev–Trinajstić information content (AvgIpc) is 2.74. The Morgan fingerprint density at radius 2 is 1.63 bits per heavy atom. The molecule has 3 amide bonds. The summed E-state index contributed by atoms with van der Waals surface area (Å²) in [5, 5.41) is 2.97. The van der Waals surface area contributed by atoms with Gasteiger partial charge in [-0.3, -0.25) is 4.79 Å². The van der Waals surface area contributed by atoms with Gasteiger partial charge in [0.05, 0.1) is 6.10 Å². The number of benzene rings is 1. The van der Waals surface area contributed by atoms with Gasteiger partial charge in [0, 0.05) is 44.9 Å². The molecule has 1 N–H and O–H groups in total. The number of urea groups is 1. The predicted molar refractivity (Wildman–Crippen MR) is 105 cm³/mol. The number of rotatable bonds is 6. The lowest BCUT2D eigenvalue weighted by molar-refractivity contribution is 0.0273. The molecule has 0 unspecified atom stereocenters. The van der Waals surface area contributed by atoms with E-state index in [0.29, 0.717) is 51.0 Å². The first-order valence-electron chi connectivity index (χ1n) is 10.2. The van der Waals surface area contributed by atoms with Gasteiger partial charge in [-0.2, -0.15) is 0 Å². The quantitative estimate of drug-likeness (QED) is 0.780. The van der Waals surface area contributed by atoms with E-state index in [0.717, 1.165) is 6.42 Å². The van der Waals surface area contributed by atoms with E-state index in [1.807, 2.05) is 35.2 Å². The molecule has 1 heterocycles. The van der Waals surface area contributed by atoms with Crippen molar-refractivity contribution in [1.29, 1.82) is 0 Å². The highest BCUT2D eigenvalue weighted by Gasteiger charge is 2.24. The number of carbonyl (C=O) groups is 2. The number of nitrogens with zero attached hydrogens (tertiary/aromatic N) is 2. The minimum atomic E-state index is -0.0422. The van der Waals surface area contributed by atoms with Crippen LogP contribution in [0.5, 0.6) is 0 Å². The van der Waals surface area contributed by atoms with Crippen LogP contribution in [0.3, 0.4) is 0 Å². The second-order valence-corrected chi connectivity index (χ2v) is 7.36. The predicted octanol–water partition coefficient (Wildman–Crippen LogP) is 2.89. The van der Waals surface area contributed by atoms with E-state index in [4.69, 9.17) is 4.74 Å². The van der Waals surface area contributed by atoms with Crippen LogP contribution in [0, 0.1) is 0 Å². The number of nitrogens with one attached hydrogen (secondary N) is 1. The zero-order chi connectivity index (χ0) is 18.9. The first-order chi connectivity index (χ1) is 13.2. The van der Waals surface area contributed by atoms with Crippen molar-refractivity contribution in [2.75, 3.05) is 39.3 Å². The Labute approximate surface area is 161 Å². The minimum Gasteiger partial charge on any atom is -0.378 e. The van der Waals surface area contributed by atoms with Crippen molar-refractivity contribution in [3.8, 4) is 0 Å². The second kappa shape index (κ2) is 10.3. The normalized spacial score (nSPS) is 18.4. The van der Waals surface area contributed by atoms with Gasteiger partial charge in [-0.25, -0.2) is 4.79 Å². The molecule has 0 bridgehead atoms. The lowest BCUT2D eigenvalue weighted by Gasteiger charge is -2.34. The topological polar surface area (TPSA) is 61.9 Å². The molecule has 1 saturated heterocycles. The Kier molecular flexibility index (Phi) is 7.51. The molecule has 0 atom stereocenters. The number of hydrogen-bond donors (Lipinski definition) is 1. The summed E-state index contributed by atoms with van der Waals surface area (Å²) in [6, 6.07) is 9.26. The van der Waals surface area contributed by atoms with Crippen molar-refractivity contribution < 1.29 is 14.3 Å². The number of hydrogen-bond acceptors (Lipinski definition) is 3. The molecule has 1 aromatic rings. The van der Waals surface area contributed by atoms with Crippen molar-refractivity contribution in [2.45, 2.75) is 44.6 Å². The summed E-state index contributed by atoms with van der Waals surface area (Å²) in [5.41, 5.74) is 0.702. The van der Waals surface area contributed by atoms with Crippen LogP contribution in [0.25, 0.3) is 0 Å². The highest BCUT2D eigenvalue weighted by atomic mass is 16.5. The SMILES string of the molecule is O=C(NCCCOC1CCCCC1)N1CCN(C(=O)c2ccccc2)CC1. The molecule has 0 spiro atoms. The third-order valence-corrected chi connectivity index (χ3v) is 5.38. The zero-order valence-corrected chi connectivity index (χ0v) is 16.1. The van der Waals surface area contributed by atoms with Gasteiger partial charge in [0.1, 0.15) is 0 Å². The van der Waals surface area contributed by atoms with E-state index in [-0.39, 0.29) is 11.9 Å². The summed E-state index contributed by atoms with van der Waals surface area (Å²) < 4.78 is 5.88. The first kappa shape index (κ1) is 19.7. The van der Waals surface area contributed by atoms with E-state index >= 15 is 0 Å². The molecule has 1 aliphatic carbocycles. The van der Waals surface area contributed by atoms with Crippen molar-refractivity contribution in [3.05, 3.63) is 35.9 Å². The van der Waals surface area contributed by atoms with Crippen LogP contribution in [0.1, 0.15) is 48.9 Å². The van der Waals surface area contributed by atoms with E-state index in [1.54, 1.807) is 4.90 Å². The van der Waals surface area contributed by atoms with E-state index in [1.165, 1.54) is 32.1 Å². The van der Waals surface area contributed by atoms with Crippen molar-refractivity contribution >= 4 is 11.9 Å². The fourth-order valence-electron chi connectivity index (χ4n) is 3.74. The summed E-state index contributed by atoms with van der Waals surface area (Å²) >= 11 is 0. The van der Waals surface area contributed by atoms with Crippen LogP contribution in [-0.4, -0.2) is 67.2 Å². The highest BCUT2D eigenvalue weighted by molar-refractivity contribution is 5.94. The monoisotopic (exact) mass is 373 g/mol. The number of piperazine rings is 1. The number of amides is 3. The van der Waals surface area contributed by atoms with Crippen LogP contribution < -0.4 is 5.32 Å². The summed E-state index contributed by atoms with van der Waals surface area (Å²) in [5.74, 6) is 0.0375. The maximum absolute atomic E-state index is 12.4. The number of ether oxygens (including phenoxy) is 1. The molecule has 2 aliphatic rings. The Balaban J connectivity index is 1.30. The molecule has 27 heavy (non-hydrogen) atoms. The van der Waals surface area contributed by atoms with Gasteiger partial charge >= 0.3 is 6.03 Å². The summed E-state index contributed by atoms with van der Waals surface area (Å²) in [6.45, 7) is 3.64. The van der Waals surface area contributed by atoms with E-state index < -0.39 is 0 Å². The van der Waals surface area contributed by atoms with Crippen LogP contribution >= 0.6 is 0 Å². The summed E-state index contributed by atoms with van der Waals surface area (Å²) in [6.07, 6.45) is 7.51. The van der Waals surface area contributed by atoms with E-state index in [9.17, 15) is 9.59 Å². The van der Waals surface area contributed by atoms with Crippen molar-refractivity contribution in [1.82, 2.24) is 15.1 Å². The van der Waals surface area contributed by atoms with E-state index in [2.05, 4.69) is 5.32 Å². The van der Waals surface area contributed by atoms with Gasteiger partial charge in [0.15, 0.2) is 0 Å². The van der Waals surface area contributed by atoms with Crippen LogP contribution in [0.4, 0.5) is 4.79 Å². The van der Waals surface area contributed by atoms with Crippen molar-refractivity contribution in [3.63, 3.8) is 0 Å². The Morgan fingerprint density at radius 3 is 2.33 bits per heavy atom. The fourth-order valence-corrected chi connectivity index (χ4v) is 3.74. The molecule has 2 fully saturated rings. The molecular formula is C21H31N3O3. The smallest absolute Gasteiger partial charge is 0.317 e. The summed E-state index contributed by atoms with van der Waals surface area (Å²) in [4.78, 5) is 28.3. The third-order valence-electron chi connectivity index (χ3n) is 5.38. The van der Waals surface area contributed by atoms with Crippen LogP contribution in [-0.2, 0) is 4.74 Å². The van der Waals surface area contributed by atoms with Gasteiger partial charge in [-0.05, 0) is 31.4 Å². The first-order valence-corrected chi connectivity index (χ1v) is 10.2. The molecular weight excluding hydrogens is 342 g/mol. The minimum absolute atomic E-state index is 0.0375. The largest absolute Gasteiger partial charge is 0.378 e. The molecule has 1 aliphatic heterocycles. The molecule has 6 heteroatoms. The van der Waals surface area contributed by atoms with Gasteiger partial charge in [-0.1, -0.05) is 37.5 Å². The van der Waals surface area contributed by atoms with Gasteiger partial charge in [-0.15, -0.1) is 0 Å². The molecule has 148 valence electrons. The molecule has 0 radical (unpaired) electrons. The Hall–Kier alpha value is -2.08. The Bertz CT molecular complexity index is 594. The Morgan fingerprint density at radius 1 is 0.963 bits per heavy atom. The number of carbonyl (C=O) groups excluding carboxylic acids is 2. The maximum Gasteiger partial charge on any atom is 0.317 e. The second-order valence-electron chi connectivity index (χ2n) is 7.36.